The van der Waals surface area contributed by atoms with E-state index in [2.05, 4.69) is 0 Å². The summed E-state index contributed by atoms with van der Waals surface area (Å²) in [6.45, 7) is 4.25. The molecule has 1 aliphatic rings. The molecular weight excluding hydrogens is 526 g/mol. The van der Waals surface area contributed by atoms with Gasteiger partial charge in [-0.15, -0.1) is 0 Å². The van der Waals surface area contributed by atoms with Crippen LogP contribution in [-0.2, 0) is 6.61 Å². The molecule has 1 amide bonds. The predicted octanol–water partition coefficient (Wildman–Crippen LogP) is 7.40. The van der Waals surface area contributed by atoms with Crippen LogP contribution >= 0.6 is 11.6 Å². The minimum atomic E-state index is -0.764. The highest BCUT2D eigenvalue weighted by Crippen LogP contribution is 2.44. The summed E-state index contributed by atoms with van der Waals surface area (Å²) in [5.41, 5.74) is 4.60. The van der Waals surface area contributed by atoms with Gasteiger partial charge in [0.25, 0.3) is 5.91 Å². The van der Waals surface area contributed by atoms with Gasteiger partial charge in [-0.05, 0) is 78.6 Å². The van der Waals surface area contributed by atoms with Gasteiger partial charge in [-0.3, -0.25) is 14.5 Å². The van der Waals surface area contributed by atoms with Gasteiger partial charge in [-0.2, -0.15) is 0 Å². The Labute approximate surface area is 236 Å². The van der Waals surface area contributed by atoms with E-state index in [1.807, 2.05) is 56.3 Å². The molecule has 2 heterocycles. The van der Waals surface area contributed by atoms with Crippen molar-refractivity contribution in [2.24, 2.45) is 0 Å². The molecule has 0 radical (unpaired) electrons. The topological polar surface area (TPSA) is 69.0 Å². The van der Waals surface area contributed by atoms with Crippen LogP contribution in [0.1, 0.15) is 44.4 Å². The van der Waals surface area contributed by atoms with Crippen LogP contribution in [0.4, 0.5) is 5.69 Å². The van der Waals surface area contributed by atoms with Crippen molar-refractivity contribution in [2.75, 3.05) is 12.0 Å². The molecule has 0 spiro atoms. The summed E-state index contributed by atoms with van der Waals surface area (Å²) in [6, 6.07) is 25.1. The number of carbonyl (C=O) groups is 1. The number of amides is 1. The van der Waals surface area contributed by atoms with E-state index in [0.717, 1.165) is 16.7 Å². The summed E-state index contributed by atoms with van der Waals surface area (Å²) >= 11 is 6.32. The van der Waals surface area contributed by atoms with Crippen LogP contribution in [0.3, 0.4) is 0 Å². The Kier molecular flexibility index (Phi) is 6.56. The highest BCUT2D eigenvalue weighted by molar-refractivity contribution is 6.31. The number of nitrogens with zero attached hydrogens (tertiary/aromatic N) is 1. The number of ether oxygens (including phenoxy) is 2. The average Bonchev–Trinajstić information content (AvgIpc) is 3.25. The fourth-order valence-electron chi connectivity index (χ4n) is 5.14. The molecule has 40 heavy (non-hydrogen) atoms. The highest BCUT2D eigenvalue weighted by atomic mass is 35.5. The molecule has 6 rings (SSSR count). The van der Waals surface area contributed by atoms with Crippen molar-refractivity contribution in [1.29, 1.82) is 0 Å². The van der Waals surface area contributed by atoms with Crippen LogP contribution in [-0.4, -0.2) is 13.0 Å². The molecule has 1 aliphatic heterocycles. The number of hydrogen-bond acceptors (Lipinski definition) is 5. The van der Waals surface area contributed by atoms with Gasteiger partial charge in [0, 0.05) is 10.7 Å². The van der Waals surface area contributed by atoms with E-state index in [1.165, 1.54) is 0 Å². The number of hydrogen-bond donors (Lipinski definition) is 0. The fraction of sp³-hybridized carbons (Fsp3) is 0.152. The molecule has 1 unspecified atom stereocenters. The van der Waals surface area contributed by atoms with E-state index in [0.29, 0.717) is 45.3 Å². The SMILES string of the molecule is COc1cc(C2c3c(oc4cc(C)c(C)cc4c3=O)C(=O)N2c2cccc(Cl)c2)ccc1OCc1ccccc1. The van der Waals surface area contributed by atoms with Gasteiger partial charge in [-0.25, -0.2) is 0 Å². The second kappa shape index (κ2) is 10.2. The van der Waals surface area contributed by atoms with Gasteiger partial charge in [0.2, 0.25) is 5.76 Å². The molecule has 1 aromatic heterocycles. The molecule has 200 valence electrons. The molecule has 0 fully saturated rings. The predicted molar refractivity (Wildman–Crippen MR) is 156 cm³/mol. The van der Waals surface area contributed by atoms with Gasteiger partial charge < -0.3 is 13.9 Å². The zero-order chi connectivity index (χ0) is 28.0. The number of carbonyl (C=O) groups excluding carboxylic acids is 1. The molecular formula is C33H26ClNO5. The Hall–Kier alpha value is -4.55. The third-order valence-electron chi connectivity index (χ3n) is 7.31. The first-order valence-corrected chi connectivity index (χ1v) is 13.2. The van der Waals surface area contributed by atoms with Crippen LogP contribution in [0.25, 0.3) is 11.0 Å². The van der Waals surface area contributed by atoms with Gasteiger partial charge in [0.15, 0.2) is 16.9 Å². The normalized spacial score (nSPS) is 14.4. The maximum Gasteiger partial charge on any atom is 0.295 e. The molecule has 0 aliphatic carbocycles. The summed E-state index contributed by atoms with van der Waals surface area (Å²) in [5, 5.41) is 0.903. The molecule has 0 bridgehead atoms. The van der Waals surface area contributed by atoms with E-state index >= 15 is 0 Å². The number of aryl methyl sites for hydroxylation is 2. The van der Waals surface area contributed by atoms with Crippen LogP contribution in [0.5, 0.6) is 11.5 Å². The first-order chi connectivity index (χ1) is 19.4. The highest BCUT2D eigenvalue weighted by Gasteiger charge is 2.44. The van der Waals surface area contributed by atoms with Gasteiger partial charge in [0.05, 0.1) is 24.1 Å². The van der Waals surface area contributed by atoms with Crippen molar-refractivity contribution in [3.8, 4) is 11.5 Å². The zero-order valence-corrected chi connectivity index (χ0v) is 23.0. The maximum absolute atomic E-state index is 14.0. The van der Waals surface area contributed by atoms with Crippen LogP contribution in [0, 0.1) is 13.8 Å². The number of methoxy groups -OCH3 is 1. The molecule has 6 nitrogen and oxygen atoms in total. The lowest BCUT2D eigenvalue weighted by atomic mass is 9.97. The van der Waals surface area contributed by atoms with Crippen molar-refractivity contribution < 1.29 is 18.7 Å². The number of anilines is 1. The monoisotopic (exact) mass is 551 g/mol. The first kappa shape index (κ1) is 25.7. The molecule has 4 aromatic carbocycles. The van der Waals surface area contributed by atoms with Crippen LogP contribution < -0.4 is 19.8 Å². The standard InChI is InChI=1S/C33H26ClNO5/c1-19-14-25-27(15-20(19)2)40-32-29(31(25)36)30(35(33(32)37)24-11-7-10-23(34)17-24)22-12-13-26(28(16-22)38-3)39-18-21-8-5-4-6-9-21/h4-17,30H,18H2,1-3H3. The van der Waals surface area contributed by atoms with Crippen LogP contribution in [0.15, 0.2) is 94.1 Å². The number of rotatable bonds is 6. The van der Waals surface area contributed by atoms with Crippen molar-refractivity contribution >= 4 is 34.2 Å². The largest absolute Gasteiger partial charge is 0.493 e. The van der Waals surface area contributed by atoms with E-state index < -0.39 is 11.9 Å². The minimum absolute atomic E-state index is 0.0223. The van der Waals surface area contributed by atoms with Gasteiger partial charge >= 0.3 is 0 Å². The third kappa shape index (κ3) is 4.40. The van der Waals surface area contributed by atoms with Gasteiger partial charge in [0.1, 0.15) is 12.2 Å². The van der Waals surface area contributed by atoms with E-state index in [-0.39, 0.29) is 16.8 Å². The lowest BCUT2D eigenvalue weighted by Crippen LogP contribution is -2.29. The molecule has 1 atom stereocenters. The lowest BCUT2D eigenvalue weighted by molar-refractivity contribution is 0.0971. The van der Waals surface area contributed by atoms with Crippen molar-refractivity contribution in [2.45, 2.75) is 26.5 Å². The Balaban J connectivity index is 1.51. The summed E-state index contributed by atoms with van der Waals surface area (Å²) in [5.74, 6) is 0.639. The van der Waals surface area contributed by atoms with Crippen molar-refractivity contribution in [3.63, 3.8) is 0 Å². The molecule has 7 heteroatoms. The summed E-state index contributed by atoms with van der Waals surface area (Å²) in [6.07, 6.45) is 0. The summed E-state index contributed by atoms with van der Waals surface area (Å²) in [7, 11) is 1.56. The molecule has 0 saturated carbocycles. The average molecular weight is 552 g/mol. The smallest absolute Gasteiger partial charge is 0.295 e. The summed E-state index contributed by atoms with van der Waals surface area (Å²) < 4.78 is 17.9. The second-order valence-corrected chi connectivity index (χ2v) is 10.3. The second-order valence-electron chi connectivity index (χ2n) is 9.85. The van der Waals surface area contributed by atoms with E-state index in [1.54, 1.807) is 54.5 Å². The Morgan fingerprint density at radius 3 is 2.40 bits per heavy atom. The minimum Gasteiger partial charge on any atom is -0.493 e. The number of benzene rings is 4. The fourth-order valence-corrected chi connectivity index (χ4v) is 5.33. The molecule has 0 N–H and O–H groups in total. The van der Waals surface area contributed by atoms with Crippen molar-refractivity contribution in [1.82, 2.24) is 0 Å². The zero-order valence-electron chi connectivity index (χ0n) is 22.2. The Bertz CT molecular complexity index is 1830. The third-order valence-corrected chi connectivity index (χ3v) is 7.55. The Morgan fingerprint density at radius 1 is 0.875 bits per heavy atom. The van der Waals surface area contributed by atoms with Crippen molar-refractivity contribution in [3.05, 3.63) is 134 Å². The lowest BCUT2D eigenvalue weighted by Gasteiger charge is -2.26. The van der Waals surface area contributed by atoms with Crippen LogP contribution in [0.2, 0.25) is 5.02 Å². The van der Waals surface area contributed by atoms with Gasteiger partial charge in [-0.1, -0.05) is 54.1 Å². The maximum atomic E-state index is 14.0. The Morgan fingerprint density at radius 2 is 1.65 bits per heavy atom. The summed E-state index contributed by atoms with van der Waals surface area (Å²) in [4.78, 5) is 29.5. The quantitative estimate of drug-likeness (QED) is 0.220. The number of fused-ring (bicyclic) bond motifs is 2. The molecule has 0 saturated heterocycles. The van der Waals surface area contributed by atoms with E-state index in [9.17, 15) is 9.59 Å². The first-order valence-electron chi connectivity index (χ1n) is 12.9. The number of halogens is 1. The molecule has 5 aromatic rings. The van der Waals surface area contributed by atoms with E-state index in [4.69, 9.17) is 25.5 Å².